The molecule has 242 valence electrons. The molecule has 1 aromatic rings. The van der Waals surface area contributed by atoms with Gasteiger partial charge in [0.2, 0.25) is 0 Å². The Morgan fingerprint density at radius 1 is 0.814 bits per heavy atom. The molecule has 0 radical (unpaired) electrons. The van der Waals surface area contributed by atoms with Crippen LogP contribution in [0.1, 0.15) is 86.1 Å². The van der Waals surface area contributed by atoms with Crippen molar-refractivity contribution in [2.45, 2.75) is 105 Å². The Bertz CT molecular complexity index is 1080. The van der Waals surface area contributed by atoms with Gasteiger partial charge in [0.1, 0.15) is 24.9 Å². The Morgan fingerprint density at radius 2 is 1.37 bits per heavy atom. The fraction of sp³-hybridized carbons (Fsp3) is 0.677. The van der Waals surface area contributed by atoms with Crippen molar-refractivity contribution in [2.24, 2.45) is 16.6 Å². The molecule has 1 aliphatic carbocycles. The minimum Gasteiger partial charge on any atom is -0.458 e. The van der Waals surface area contributed by atoms with Gasteiger partial charge in [-0.25, -0.2) is 14.4 Å². The summed E-state index contributed by atoms with van der Waals surface area (Å²) in [5.74, 6) is -0.935. The summed E-state index contributed by atoms with van der Waals surface area (Å²) >= 11 is 0. The van der Waals surface area contributed by atoms with E-state index in [0.717, 1.165) is 32.1 Å². The van der Waals surface area contributed by atoms with Gasteiger partial charge in [-0.3, -0.25) is 4.79 Å². The first-order valence-corrected chi connectivity index (χ1v) is 14.6. The largest absolute Gasteiger partial charge is 0.513 e. The molecule has 1 fully saturated rings. The second kappa shape index (κ2) is 16.3. The maximum atomic E-state index is 12.6. The van der Waals surface area contributed by atoms with Crippen molar-refractivity contribution < 1.29 is 52.3 Å². The number of carbonyl (C=O) groups excluding carboxylic acids is 4. The van der Waals surface area contributed by atoms with Crippen LogP contribution in [-0.4, -0.2) is 62.5 Å². The highest BCUT2D eigenvalue weighted by molar-refractivity contribution is 5.76. The van der Waals surface area contributed by atoms with Gasteiger partial charge in [0.25, 0.3) is 0 Å². The van der Waals surface area contributed by atoms with Crippen molar-refractivity contribution in [3.8, 4) is 11.5 Å². The number of carbonyl (C=O) groups is 4. The molecule has 2 rings (SSSR count). The van der Waals surface area contributed by atoms with Gasteiger partial charge in [-0.05, 0) is 67.6 Å². The SMILES string of the molecule is C[C@@H](COC(=O)OC1CCCCC1)OC(=O)[C@@H](N)Cc1ccc(OC(=O)OCC(C)(C)C)c(OC(=O)OCC(C)(C)C)c1. The number of benzene rings is 1. The van der Waals surface area contributed by atoms with Crippen molar-refractivity contribution in [3.63, 3.8) is 0 Å². The van der Waals surface area contributed by atoms with E-state index in [1.165, 1.54) is 12.1 Å². The topological polar surface area (TPSA) is 159 Å². The predicted octanol–water partition coefficient (Wildman–Crippen LogP) is 6.10. The summed E-state index contributed by atoms with van der Waals surface area (Å²) in [5.41, 5.74) is 5.97. The summed E-state index contributed by atoms with van der Waals surface area (Å²) in [4.78, 5) is 49.2. The smallest absolute Gasteiger partial charge is 0.458 e. The maximum absolute atomic E-state index is 12.6. The summed E-state index contributed by atoms with van der Waals surface area (Å²) in [6.07, 6.45) is 1.10. The van der Waals surface area contributed by atoms with E-state index >= 15 is 0 Å². The van der Waals surface area contributed by atoms with Crippen LogP contribution in [0.25, 0.3) is 0 Å². The summed E-state index contributed by atoms with van der Waals surface area (Å²) < 4.78 is 36.6. The minimum atomic E-state index is -1.10. The van der Waals surface area contributed by atoms with Gasteiger partial charge in [-0.15, -0.1) is 0 Å². The highest BCUT2D eigenvalue weighted by atomic mass is 16.7. The molecule has 0 spiro atoms. The van der Waals surface area contributed by atoms with Crippen LogP contribution in [-0.2, 0) is 34.9 Å². The second-order valence-electron chi connectivity index (χ2n) is 13.2. The first-order valence-electron chi connectivity index (χ1n) is 14.6. The summed E-state index contributed by atoms with van der Waals surface area (Å²) in [6.45, 7) is 12.9. The number of rotatable bonds is 11. The van der Waals surface area contributed by atoms with E-state index in [1.807, 2.05) is 41.5 Å². The number of esters is 1. The van der Waals surface area contributed by atoms with E-state index in [1.54, 1.807) is 13.0 Å². The Labute approximate surface area is 253 Å². The van der Waals surface area contributed by atoms with E-state index in [-0.39, 0.29) is 54.7 Å². The molecular weight excluding hydrogens is 562 g/mol. The van der Waals surface area contributed by atoms with Crippen molar-refractivity contribution in [3.05, 3.63) is 23.8 Å². The third kappa shape index (κ3) is 15.0. The highest BCUT2D eigenvalue weighted by Gasteiger charge is 2.24. The van der Waals surface area contributed by atoms with E-state index in [4.69, 9.17) is 38.9 Å². The standard InChI is InChI=1S/C31H47NO11/c1-20(17-37-27(34)41-22-11-9-8-10-12-22)40-26(33)23(32)15-21-13-14-24(42-28(35)38-18-30(2,3)4)25(16-21)43-29(36)39-19-31(5,6)7/h13-14,16,20,22-23H,8-12,15,17-19,32H2,1-7H3/t20-,23-/m0/s1. The molecule has 12 nitrogen and oxygen atoms in total. The number of nitrogens with two attached hydrogens (primary N) is 1. The van der Waals surface area contributed by atoms with Crippen molar-refractivity contribution in [2.75, 3.05) is 19.8 Å². The zero-order valence-corrected chi connectivity index (χ0v) is 26.4. The maximum Gasteiger partial charge on any atom is 0.513 e. The lowest BCUT2D eigenvalue weighted by molar-refractivity contribution is -0.152. The highest BCUT2D eigenvalue weighted by Crippen LogP contribution is 2.30. The molecule has 0 amide bonds. The minimum absolute atomic E-state index is 0.00170. The summed E-state index contributed by atoms with van der Waals surface area (Å²) in [7, 11) is 0. The van der Waals surface area contributed by atoms with Crippen molar-refractivity contribution in [1.82, 2.24) is 0 Å². The average Bonchev–Trinajstić information content (AvgIpc) is 2.91. The molecule has 0 heterocycles. The molecule has 2 atom stereocenters. The summed E-state index contributed by atoms with van der Waals surface area (Å²) in [6, 6.07) is 3.26. The van der Waals surface area contributed by atoms with Gasteiger partial charge in [-0.1, -0.05) is 54.0 Å². The van der Waals surface area contributed by atoms with Gasteiger partial charge in [0, 0.05) is 0 Å². The zero-order chi connectivity index (χ0) is 32.2. The molecule has 1 aliphatic rings. The van der Waals surface area contributed by atoms with Crippen LogP contribution in [0.4, 0.5) is 14.4 Å². The third-order valence-electron chi connectivity index (χ3n) is 5.97. The Morgan fingerprint density at radius 3 is 1.93 bits per heavy atom. The van der Waals surface area contributed by atoms with Crippen LogP contribution in [0.2, 0.25) is 0 Å². The van der Waals surface area contributed by atoms with Gasteiger partial charge >= 0.3 is 24.4 Å². The van der Waals surface area contributed by atoms with Crippen LogP contribution in [0.3, 0.4) is 0 Å². The van der Waals surface area contributed by atoms with Gasteiger partial charge in [-0.2, -0.15) is 0 Å². The van der Waals surface area contributed by atoms with E-state index in [0.29, 0.717) is 5.56 Å². The molecule has 0 unspecified atom stereocenters. The lowest BCUT2D eigenvalue weighted by Gasteiger charge is -2.22. The predicted molar refractivity (Wildman–Crippen MR) is 156 cm³/mol. The molecule has 43 heavy (non-hydrogen) atoms. The monoisotopic (exact) mass is 609 g/mol. The molecule has 0 saturated heterocycles. The summed E-state index contributed by atoms with van der Waals surface area (Å²) in [5, 5.41) is 0. The molecule has 0 bridgehead atoms. The van der Waals surface area contributed by atoms with Crippen molar-refractivity contribution in [1.29, 1.82) is 0 Å². The van der Waals surface area contributed by atoms with Crippen LogP contribution in [0, 0.1) is 10.8 Å². The number of ether oxygens (including phenoxy) is 7. The van der Waals surface area contributed by atoms with Gasteiger partial charge in [0.05, 0.1) is 13.2 Å². The molecule has 2 N–H and O–H groups in total. The van der Waals surface area contributed by atoms with E-state index < -0.39 is 36.6 Å². The van der Waals surface area contributed by atoms with Gasteiger partial charge in [0.15, 0.2) is 11.5 Å². The molecule has 12 heteroatoms. The average molecular weight is 610 g/mol. The first kappa shape index (κ1) is 35.7. The van der Waals surface area contributed by atoms with Crippen LogP contribution < -0.4 is 15.2 Å². The quantitative estimate of drug-likeness (QED) is 0.175. The molecule has 0 aromatic heterocycles. The normalized spacial score (nSPS) is 15.4. The molecular formula is C31H47NO11. The van der Waals surface area contributed by atoms with Crippen LogP contribution in [0.5, 0.6) is 11.5 Å². The molecule has 1 aromatic carbocycles. The Balaban J connectivity index is 1.99. The number of hydrogen-bond donors (Lipinski definition) is 1. The first-order chi connectivity index (χ1) is 20.0. The van der Waals surface area contributed by atoms with E-state index in [9.17, 15) is 19.2 Å². The Kier molecular flexibility index (Phi) is 13.6. The zero-order valence-electron chi connectivity index (χ0n) is 26.4. The molecule has 1 saturated carbocycles. The third-order valence-corrected chi connectivity index (χ3v) is 5.97. The lowest BCUT2D eigenvalue weighted by Crippen LogP contribution is -2.37. The van der Waals surface area contributed by atoms with E-state index in [2.05, 4.69) is 0 Å². The Hall–Kier alpha value is -3.54. The number of hydrogen-bond acceptors (Lipinski definition) is 12. The van der Waals surface area contributed by atoms with Crippen molar-refractivity contribution >= 4 is 24.4 Å². The van der Waals surface area contributed by atoms with Crippen LogP contribution >= 0.6 is 0 Å². The fourth-order valence-corrected chi connectivity index (χ4v) is 3.83. The molecule has 0 aliphatic heterocycles. The lowest BCUT2D eigenvalue weighted by atomic mass is 9.98. The second-order valence-corrected chi connectivity index (χ2v) is 13.2. The fourth-order valence-electron chi connectivity index (χ4n) is 3.83. The van der Waals surface area contributed by atoms with Crippen LogP contribution in [0.15, 0.2) is 18.2 Å². The van der Waals surface area contributed by atoms with Gasteiger partial charge < -0.3 is 38.9 Å².